The quantitative estimate of drug-likeness (QED) is 0.857. The molecule has 0 unspecified atom stereocenters. The van der Waals surface area contributed by atoms with E-state index in [1.54, 1.807) is 23.1 Å². The van der Waals surface area contributed by atoms with Crippen molar-refractivity contribution in [2.75, 3.05) is 24.5 Å². The van der Waals surface area contributed by atoms with E-state index in [-0.39, 0.29) is 17.7 Å². The molecule has 1 saturated heterocycles. The summed E-state index contributed by atoms with van der Waals surface area (Å²) < 4.78 is 5.51. The maximum absolute atomic E-state index is 12.4. The summed E-state index contributed by atoms with van der Waals surface area (Å²) in [5.74, 6) is -0.927. The van der Waals surface area contributed by atoms with Crippen molar-refractivity contribution < 1.29 is 19.4 Å². The van der Waals surface area contributed by atoms with Crippen molar-refractivity contribution in [3.63, 3.8) is 0 Å². The number of hydrogen-bond donors (Lipinski definition) is 1. The highest BCUT2D eigenvalue weighted by Gasteiger charge is 2.32. The van der Waals surface area contributed by atoms with Crippen molar-refractivity contribution >= 4 is 17.7 Å². The summed E-state index contributed by atoms with van der Waals surface area (Å²) in [7, 11) is 0. The average molecular weight is 362 g/mol. The Balaban J connectivity index is 2.16. The smallest absolute Gasteiger partial charge is 0.410 e. The number of benzene rings is 1. The highest BCUT2D eigenvalue weighted by Crippen LogP contribution is 2.25. The number of ether oxygens (including phenoxy) is 1. The number of carbonyl (C=O) groups excluding carboxylic acids is 1. The van der Waals surface area contributed by atoms with E-state index in [1.807, 2.05) is 26.8 Å². The number of piperazine rings is 1. The van der Waals surface area contributed by atoms with Crippen LogP contribution in [-0.4, -0.2) is 53.3 Å². The first-order chi connectivity index (χ1) is 12.2. The molecule has 0 saturated carbocycles. The Bertz CT molecular complexity index is 639. The number of amides is 1. The minimum absolute atomic E-state index is 0.153. The van der Waals surface area contributed by atoms with E-state index in [0.717, 1.165) is 24.9 Å². The van der Waals surface area contributed by atoms with E-state index in [9.17, 15) is 14.7 Å². The first-order valence-electron chi connectivity index (χ1n) is 9.29. The first-order valence-corrected chi connectivity index (χ1v) is 9.29. The third-order valence-electron chi connectivity index (χ3n) is 4.45. The summed E-state index contributed by atoms with van der Waals surface area (Å²) in [6.07, 6.45) is 2.80. The van der Waals surface area contributed by atoms with Crippen molar-refractivity contribution in [2.24, 2.45) is 0 Å². The molecule has 1 aliphatic rings. The van der Waals surface area contributed by atoms with Crippen molar-refractivity contribution in [3.05, 3.63) is 29.8 Å². The summed E-state index contributed by atoms with van der Waals surface area (Å²) in [6, 6.07) is 7.18. The molecule has 144 valence electrons. The van der Waals surface area contributed by atoms with Crippen LogP contribution in [0.15, 0.2) is 24.3 Å². The number of rotatable bonds is 5. The van der Waals surface area contributed by atoms with Crippen LogP contribution in [0.1, 0.15) is 57.3 Å². The van der Waals surface area contributed by atoms with Crippen molar-refractivity contribution in [2.45, 2.75) is 58.6 Å². The van der Waals surface area contributed by atoms with Crippen LogP contribution in [0.5, 0.6) is 0 Å². The average Bonchev–Trinajstić information content (AvgIpc) is 2.58. The Morgan fingerprint density at radius 2 is 2.00 bits per heavy atom. The predicted octanol–water partition coefficient (Wildman–Crippen LogP) is 4.00. The fourth-order valence-electron chi connectivity index (χ4n) is 3.19. The summed E-state index contributed by atoms with van der Waals surface area (Å²) >= 11 is 0. The van der Waals surface area contributed by atoms with Gasteiger partial charge in [0.15, 0.2) is 0 Å². The Morgan fingerprint density at radius 1 is 1.27 bits per heavy atom. The van der Waals surface area contributed by atoms with Gasteiger partial charge in [-0.15, -0.1) is 0 Å². The van der Waals surface area contributed by atoms with Gasteiger partial charge in [-0.2, -0.15) is 0 Å². The second-order valence-corrected chi connectivity index (χ2v) is 7.77. The summed E-state index contributed by atoms with van der Waals surface area (Å²) in [5, 5.41) is 9.25. The van der Waals surface area contributed by atoms with Gasteiger partial charge in [0.25, 0.3) is 0 Å². The number of nitrogens with zero attached hydrogens (tertiary/aromatic N) is 2. The lowest BCUT2D eigenvalue weighted by Crippen LogP contribution is -2.55. The maximum atomic E-state index is 12.4. The van der Waals surface area contributed by atoms with E-state index in [2.05, 4.69) is 11.8 Å². The topological polar surface area (TPSA) is 70.1 Å². The van der Waals surface area contributed by atoms with Crippen LogP contribution in [-0.2, 0) is 4.74 Å². The number of anilines is 1. The lowest BCUT2D eigenvalue weighted by molar-refractivity contribution is 0.0211. The molecule has 6 heteroatoms. The molecule has 0 radical (unpaired) electrons. The number of carboxylic acid groups (broad SMARTS) is 1. The highest BCUT2D eigenvalue weighted by atomic mass is 16.6. The van der Waals surface area contributed by atoms with Gasteiger partial charge in [-0.05, 0) is 45.4 Å². The van der Waals surface area contributed by atoms with Gasteiger partial charge in [0.1, 0.15) is 5.60 Å². The van der Waals surface area contributed by atoms with E-state index < -0.39 is 11.6 Å². The maximum Gasteiger partial charge on any atom is 0.410 e. The zero-order valence-corrected chi connectivity index (χ0v) is 16.2. The molecule has 1 amide bonds. The molecular formula is C20H30N2O4. The Morgan fingerprint density at radius 3 is 2.62 bits per heavy atom. The number of aromatic carboxylic acids is 1. The first kappa shape index (κ1) is 20.1. The molecule has 6 nitrogen and oxygen atoms in total. The summed E-state index contributed by atoms with van der Waals surface area (Å²) in [6.45, 7) is 9.56. The zero-order valence-electron chi connectivity index (χ0n) is 16.2. The minimum Gasteiger partial charge on any atom is -0.478 e. The third-order valence-corrected chi connectivity index (χ3v) is 4.45. The van der Waals surface area contributed by atoms with Crippen LogP contribution in [0.2, 0.25) is 0 Å². The molecule has 1 aromatic rings. The van der Waals surface area contributed by atoms with Crippen LogP contribution in [0.4, 0.5) is 10.5 Å². The number of unbranched alkanes of at least 4 members (excludes halogenated alkanes) is 1. The van der Waals surface area contributed by atoms with Gasteiger partial charge < -0.3 is 19.6 Å². The standard InChI is InChI=1S/C20H30N2O4/c1-5-6-9-17-14-21(19(25)26-20(2,3)4)11-12-22(17)16-10-7-8-15(13-16)18(23)24/h7-8,10,13,17H,5-6,9,11-12,14H2,1-4H3,(H,23,24)/t17-/m1/s1. The number of hydrogen-bond acceptors (Lipinski definition) is 4. The molecule has 1 heterocycles. The molecule has 0 aromatic heterocycles. The second-order valence-electron chi connectivity index (χ2n) is 7.77. The van der Waals surface area contributed by atoms with Gasteiger partial charge in [-0.3, -0.25) is 0 Å². The van der Waals surface area contributed by atoms with Crippen molar-refractivity contribution in [3.8, 4) is 0 Å². The van der Waals surface area contributed by atoms with Crippen LogP contribution in [0.25, 0.3) is 0 Å². The molecule has 1 N–H and O–H groups in total. The van der Waals surface area contributed by atoms with Gasteiger partial charge in [0.05, 0.1) is 5.56 Å². The third kappa shape index (κ3) is 5.38. The van der Waals surface area contributed by atoms with Gasteiger partial charge >= 0.3 is 12.1 Å². The SMILES string of the molecule is CCCC[C@@H]1CN(C(=O)OC(C)(C)C)CCN1c1cccc(C(=O)O)c1. The second kappa shape index (κ2) is 8.43. The molecule has 26 heavy (non-hydrogen) atoms. The van der Waals surface area contributed by atoms with E-state index in [1.165, 1.54) is 0 Å². The Kier molecular flexibility index (Phi) is 6.51. The zero-order chi connectivity index (χ0) is 19.3. The van der Waals surface area contributed by atoms with E-state index >= 15 is 0 Å². The number of carbonyl (C=O) groups is 2. The molecule has 0 aliphatic carbocycles. The van der Waals surface area contributed by atoms with Crippen LogP contribution < -0.4 is 4.90 Å². The largest absolute Gasteiger partial charge is 0.478 e. The minimum atomic E-state index is -0.927. The molecule has 0 spiro atoms. The molecule has 1 fully saturated rings. The Hall–Kier alpha value is -2.24. The number of carboxylic acids is 1. The van der Waals surface area contributed by atoms with E-state index in [0.29, 0.717) is 19.6 Å². The van der Waals surface area contributed by atoms with Crippen LogP contribution in [0, 0.1) is 0 Å². The molecule has 0 bridgehead atoms. The fraction of sp³-hybridized carbons (Fsp3) is 0.600. The summed E-state index contributed by atoms with van der Waals surface area (Å²) in [4.78, 5) is 27.7. The molecular weight excluding hydrogens is 332 g/mol. The fourth-order valence-corrected chi connectivity index (χ4v) is 3.19. The van der Waals surface area contributed by atoms with Crippen LogP contribution >= 0.6 is 0 Å². The van der Waals surface area contributed by atoms with Crippen molar-refractivity contribution in [1.29, 1.82) is 0 Å². The molecule has 1 aliphatic heterocycles. The van der Waals surface area contributed by atoms with Crippen molar-refractivity contribution in [1.82, 2.24) is 4.90 Å². The Labute approximate surface area is 155 Å². The monoisotopic (exact) mass is 362 g/mol. The lowest BCUT2D eigenvalue weighted by Gasteiger charge is -2.43. The molecule has 1 aromatic carbocycles. The normalized spacial score (nSPS) is 17.9. The lowest BCUT2D eigenvalue weighted by atomic mass is 10.0. The predicted molar refractivity (Wildman–Crippen MR) is 102 cm³/mol. The molecule has 1 atom stereocenters. The van der Waals surface area contributed by atoms with Gasteiger partial charge in [0.2, 0.25) is 0 Å². The van der Waals surface area contributed by atoms with Gasteiger partial charge in [-0.25, -0.2) is 9.59 Å². The van der Waals surface area contributed by atoms with Gasteiger partial charge in [-0.1, -0.05) is 25.8 Å². The van der Waals surface area contributed by atoms with Crippen LogP contribution in [0.3, 0.4) is 0 Å². The molecule has 2 rings (SSSR count). The van der Waals surface area contributed by atoms with Gasteiger partial charge in [0, 0.05) is 31.4 Å². The summed E-state index contributed by atoms with van der Waals surface area (Å²) in [5.41, 5.74) is 0.671. The highest BCUT2D eigenvalue weighted by molar-refractivity contribution is 5.88. The van der Waals surface area contributed by atoms with E-state index in [4.69, 9.17) is 4.74 Å².